The molecule has 1 atom stereocenters. The molecule has 1 saturated heterocycles. The first kappa shape index (κ1) is 16.1. The van der Waals surface area contributed by atoms with Crippen LogP contribution in [0, 0.1) is 0 Å². The molecule has 0 saturated carbocycles. The Kier molecular flexibility index (Phi) is 4.45. The van der Waals surface area contributed by atoms with Gasteiger partial charge in [0.1, 0.15) is 5.69 Å². The summed E-state index contributed by atoms with van der Waals surface area (Å²) in [6, 6.07) is 1.65. The first-order valence-electron chi connectivity index (χ1n) is 7.82. The molecule has 0 spiro atoms. The van der Waals surface area contributed by atoms with Crippen molar-refractivity contribution in [2.75, 3.05) is 12.8 Å². The normalized spacial score (nSPS) is 19.3. The van der Waals surface area contributed by atoms with E-state index in [9.17, 15) is 8.42 Å². The van der Waals surface area contributed by atoms with Crippen LogP contribution in [-0.2, 0) is 16.6 Å². The average Bonchev–Trinajstić information content (AvgIpc) is 3.16. The van der Waals surface area contributed by atoms with Gasteiger partial charge in [-0.25, -0.2) is 8.42 Å². The maximum Gasteiger partial charge on any atom is 0.211 e. The van der Waals surface area contributed by atoms with E-state index in [1.54, 1.807) is 18.6 Å². The summed E-state index contributed by atoms with van der Waals surface area (Å²) in [6.45, 7) is 3.41. The maximum absolute atomic E-state index is 12.0. The van der Waals surface area contributed by atoms with E-state index in [0.717, 1.165) is 37.2 Å². The first-order valence-corrected chi connectivity index (χ1v) is 9.67. The summed E-state index contributed by atoms with van der Waals surface area (Å²) >= 11 is 0. The van der Waals surface area contributed by atoms with Gasteiger partial charge in [0.2, 0.25) is 10.0 Å². The minimum Gasteiger partial charge on any atom is -0.263 e. The Balaban J connectivity index is 2.06. The van der Waals surface area contributed by atoms with E-state index in [0.29, 0.717) is 12.2 Å². The summed E-state index contributed by atoms with van der Waals surface area (Å²) in [4.78, 5) is 8.95. The molecule has 0 amide bonds. The van der Waals surface area contributed by atoms with Gasteiger partial charge in [-0.15, -0.1) is 0 Å². The fourth-order valence-corrected chi connectivity index (χ4v) is 4.25. The van der Waals surface area contributed by atoms with Gasteiger partial charge in [-0.05, 0) is 25.3 Å². The van der Waals surface area contributed by atoms with Crippen LogP contribution in [0.25, 0.3) is 11.4 Å². The molecular formula is C15H21N5O2S. The Morgan fingerprint density at radius 1 is 1.26 bits per heavy atom. The Morgan fingerprint density at radius 3 is 2.78 bits per heavy atom. The van der Waals surface area contributed by atoms with Gasteiger partial charge in [0.25, 0.3) is 0 Å². The van der Waals surface area contributed by atoms with Crippen LogP contribution in [0.3, 0.4) is 0 Å². The Hall–Kier alpha value is -1.80. The van der Waals surface area contributed by atoms with Gasteiger partial charge in [-0.2, -0.15) is 9.40 Å². The number of rotatable bonds is 5. The zero-order valence-electron chi connectivity index (χ0n) is 13.4. The number of nitrogens with zero attached hydrogens (tertiary/aromatic N) is 5. The molecule has 0 bridgehead atoms. The lowest BCUT2D eigenvalue weighted by molar-refractivity contribution is 0.394. The molecule has 0 aliphatic carbocycles. The topological polar surface area (TPSA) is 81.0 Å². The van der Waals surface area contributed by atoms with E-state index >= 15 is 0 Å². The Bertz CT molecular complexity index is 787. The summed E-state index contributed by atoms with van der Waals surface area (Å²) in [6.07, 6.45) is 8.82. The molecule has 1 fully saturated rings. The summed E-state index contributed by atoms with van der Waals surface area (Å²) in [5.41, 5.74) is 2.32. The van der Waals surface area contributed by atoms with Crippen LogP contribution in [0.5, 0.6) is 0 Å². The summed E-state index contributed by atoms with van der Waals surface area (Å²) in [5, 5.41) is 4.33. The molecule has 3 heterocycles. The average molecular weight is 335 g/mol. The molecule has 1 unspecified atom stereocenters. The van der Waals surface area contributed by atoms with Crippen molar-refractivity contribution in [3.8, 4) is 11.4 Å². The second-order valence-corrected chi connectivity index (χ2v) is 7.70. The molecule has 2 aromatic rings. The van der Waals surface area contributed by atoms with Gasteiger partial charge >= 0.3 is 0 Å². The van der Waals surface area contributed by atoms with Gasteiger partial charge in [0.05, 0.1) is 23.7 Å². The van der Waals surface area contributed by atoms with Crippen molar-refractivity contribution in [2.45, 2.75) is 38.8 Å². The van der Waals surface area contributed by atoms with E-state index in [2.05, 4.69) is 22.0 Å². The highest BCUT2D eigenvalue weighted by atomic mass is 32.2. The predicted molar refractivity (Wildman–Crippen MR) is 87.1 cm³/mol. The van der Waals surface area contributed by atoms with Crippen LogP contribution in [-0.4, -0.2) is 45.3 Å². The van der Waals surface area contributed by atoms with Crippen molar-refractivity contribution < 1.29 is 8.42 Å². The fourth-order valence-electron chi connectivity index (χ4n) is 3.12. The van der Waals surface area contributed by atoms with Crippen molar-refractivity contribution in [3.63, 3.8) is 0 Å². The van der Waals surface area contributed by atoms with E-state index in [4.69, 9.17) is 0 Å². The highest BCUT2D eigenvalue weighted by Crippen LogP contribution is 2.36. The van der Waals surface area contributed by atoms with Crippen molar-refractivity contribution in [1.82, 2.24) is 24.1 Å². The zero-order chi connectivity index (χ0) is 16.4. The molecular weight excluding hydrogens is 314 g/mol. The predicted octanol–water partition coefficient (Wildman–Crippen LogP) is 1.85. The van der Waals surface area contributed by atoms with Gasteiger partial charge in [-0.1, -0.05) is 6.92 Å². The maximum atomic E-state index is 12.0. The highest BCUT2D eigenvalue weighted by Gasteiger charge is 2.35. The third kappa shape index (κ3) is 3.13. The van der Waals surface area contributed by atoms with Crippen molar-refractivity contribution in [1.29, 1.82) is 0 Å². The van der Waals surface area contributed by atoms with E-state index < -0.39 is 10.0 Å². The summed E-state index contributed by atoms with van der Waals surface area (Å²) < 4.78 is 27.5. The minimum absolute atomic E-state index is 0.251. The van der Waals surface area contributed by atoms with Crippen LogP contribution in [0.2, 0.25) is 0 Å². The number of hydrogen-bond acceptors (Lipinski definition) is 5. The molecule has 0 radical (unpaired) electrons. The SMILES string of the molecule is CCCn1nccc1-c1nccnc1C1CCCN1S(C)(=O)=O. The number of sulfonamides is 1. The molecule has 0 N–H and O–H groups in total. The number of hydrogen-bond donors (Lipinski definition) is 0. The third-order valence-corrected chi connectivity index (χ3v) is 5.36. The minimum atomic E-state index is -3.26. The van der Waals surface area contributed by atoms with Gasteiger partial charge in [0, 0.05) is 31.7 Å². The smallest absolute Gasteiger partial charge is 0.211 e. The number of aryl methyl sites for hydroxylation is 1. The van der Waals surface area contributed by atoms with Crippen LogP contribution in [0.1, 0.15) is 37.9 Å². The van der Waals surface area contributed by atoms with Gasteiger partial charge in [-0.3, -0.25) is 14.6 Å². The van der Waals surface area contributed by atoms with Crippen molar-refractivity contribution in [2.24, 2.45) is 0 Å². The van der Waals surface area contributed by atoms with Crippen molar-refractivity contribution >= 4 is 10.0 Å². The fraction of sp³-hybridized carbons (Fsp3) is 0.533. The second kappa shape index (κ2) is 6.37. The standard InChI is InChI=1S/C15H21N5O2S/c1-3-10-19-12(6-7-18-19)14-15(17-9-8-16-14)13-5-4-11-20(13)23(2,21)22/h6-9,13H,3-5,10-11H2,1-2H3. The lowest BCUT2D eigenvalue weighted by atomic mass is 10.1. The van der Waals surface area contributed by atoms with E-state index in [1.165, 1.54) is 10.6 Å². The quantitative estimate of drug-likeness (QED) is 0.833. The Morgan fingerprint density at radius 2 is 2.04 bits per heavy atom. The molecule has 1 aliphatic heterocycles. The van der Waals surface area contributed by atoms with Crippen LogP contribution in [0.4, 0.5) is 0 Å². The van der Waals surface area contributed by atoms with Crippen LogP contribution >= 0.6 is 0 Å². The molecule has 0 aromatic carbocycles. The van der Waals surface area contributed by atoms with E-state index in [1.807, 2.05) is 10.7 Å². The van der Waals surface area contributed by atoms with Gasteiger partial charge in [0.15, 0.2) is 0 Å². The lowest BCUT2D eigenvalue weighted by Crippen LogP contribution is -2.30. The first-order chi connectivity index (χ1) is 11.0. The second-order valence-electron chi connectivity index (χ2n) is 5.76. The van der Waals surface area contributed by atoms with E-state index in [-0.39, 0.29) is 6.04 Å². The molecule has 8 heteroatoms. The molecule has 7 nitrogen and oxygen atoms in total. The molecule has 124 valence electrons. The highest BCUT2D eigenvalue weighted by molar-refractivity contribution is 7.88. The molecule has 23 heavy (non-hydrogen) atoms. The zero-order valence-corrected chi connectivity index (χ0v) is 14.2. The Labute approximate surface area is 136 Å². The summed E-state index contributed by atoms with van der Waals surface area (Å²) in [5.74, 6) is 0. The third-order valence-electron chi connectivity index (χ3n) is 4.07. The largest absolute Gasteiger partial charge is 0.263 e. The molecule has 2 aromatic heterocycles. The lowest BCUT2D eigenvalue weighted by Gasteiger charge is -2.23. The van der Waals surface area contributed by atoms with Crippen molar-refractivity contribution in [3.05, 3.63) is 30.4 Å². The van der Waals surface area contributed by atoms with Gasteiger partial charge < -0.3 is 0 Å². The van der Waals surface area contributed by atoms with Crippen LogP contribution < -0.4 is 0 Å². The summed E-state index contributed by atoms with van der Waals surface area (Å²) in [7, 11) is -3.26. The monoisotopic (exact) mass is 335 g/mol. The van der Waals surface area contributed by atoms with Crippen LogP contribution in [0.15, 0.2) is 24.7 Å². The number of aromatic nitrogens is 4. The molecule has 1 aliphatic rings. The molecule has 3 rings (SSSR count).